The molecule has 1 atom stereocenters. The first-order valence-corrected chi connectivity index (χ1v) is 9.76. The lowest BCUT2D eigenvalue weighted by atomic mass is 9.97. The van der Waals surface area contributed by atoms with Crippen LogP contribution in [0.25, 0.3) is 0 Å². The van der Waals surface area contributed by atoms with E-state index in [0.717, 1.165) is 36.2 Å². The third-order valence-electron chi connectivity index (χ3n) is 4.72. The van der Waals surface area contributed by atoms with Crippen molar-refractivity contribution in [3.05, 3.63) is 70.2 Å². The monoisotopic (exact) mass is 400 g/mol. The Morgan fingerprint density at radius 2 is 1.84 bits per heavy atom. The number of amides is 1. The number of nitrogens with zero attached hydrogens (tertiary/aromatic N) is 1. The van der Waals surface area contributed by atoms with Crippen LogP contribution in [0, 0.1) is 5.92 Å². The molecule has 1 aliphatic heterocycles. The topological polar surface area (TPSA) is 32.3 Å². The summed E-state index contributed by atoms with van der Waals surface area (Å²) in [7, 11) is 0. The van der Waals surface area contributed by atoms with Crippen LogP contribution in [-0.4, -0.2) is 30.4 Å². The van der Waals surface area contributed by atoms with Gasteiger partial charge in [-0.15, -0.1) is 0 Å². The molecule has 0 bridgehead atoms. The minimum Gasteiger partial charge on any atom is -0.355 e. The normalized spacial score (nSPS) is 18.0. The number of benzene rings is 2. The lowest BCUT2D eigenvalue weighted by Crippen LogP contribution is -2.40. The first-order valence-electron chi connectivity index (χ1n) is 8.96. The number of likely N-dealkylation sites (tertiary alicyclic amines) is 1. The average molecular weight is 401 g/mol. The molecule has 3 rings (SSSR count). The molecule has 1 N–H and O–H groups in total. The van der Waals surface area contributed by atoms with E-state index < -0.39 is 0 Å². The molecule has 25 heavy (non-hydrogen) atoms. The lowest BCUT2D eigenvalue weighted by Gasteiger charge is -2.32. The Morgan fingerprint density at radius 1 is 1.08 bits per heavy atom. The molecule has 0 saturated carbocycles. The minimum absolute atomic E-state index is 0.113. The van der Waals surface area contributed by atoms with Gasteiger partial charge in [-0.3, -0.25) is 9.69 Å². The number of carbonyl (C=O) groups excluding carboxylic acids is 1. The quantitative estimate of drug-likeness (QED) is 0.793. The molecule has 132 valence electrons. The number of piperidine rings is 1. The number of hydrogen-bond acceptors (Lipinski definition) is 2. The number of carbonyl (C=O) groups is 1. The van der Waals surface area contributed by atoms with E-state index in [0.29, 0.717) is 12.3 Å². The van der Waals surface area contributed by atoms with Gasteiger partial charge >= 0.3 is 0 Å². The fourth-order valence-electron chi connectivity index (χ4n) is 3.41. The van der Waals surface area contributed by atoms with Crippen molar-refractivity contribution in [1.82, 2.24) is 10.2 Å². The van der Waals surface area contributed by atoms with E-state index in [9.17, 15) is 4.79 Å². The van der Waals surface area contributed by atoms with Crippen molar-refractivity contribution in [2.24, 2.45) is 5.92 Å². The zero-order valence-corrected chi connectivity index (χ0v) is 16.0. The molecule has 0 aromatic heterocycles. The summed E-state index contributed by atoms with van der Waals surface area (Å²) in [5, 5.41) is 3.12. The zero-order valence-electron chi connectivity index (χ0n) is 14.5. The van der Waals surface area contributed by atoms with E-state index in [2.05, 4.69) is 56.5 Å². The molecular formula is C21H25BrN2O. The van der Waals surface area contributed by atoms with Crippen molar-refractivity contribution in [2.45, 2.75) is 25.8 Å². The Kier molecular flexibility index (Phi) is 6.65. The maximum Gasteiger partial charge on any atom is 0.224 e. The van der Waals surface area contributed by atoms with Gasteiger partial charge in [0.2, 0.25) is 5.91 Å². The molecule has 2 aromatic rings. The predicted octanol–water partition coefficient (Wildman–Crippen LogP) is 4.02. The molecule has 1 unspecified atom stereocenters. The first-order chi connectivity index (χ1) is 12.2. The van der Waals surface area contributed by atoms with Crippen LogP contribution in [0.3, 0.4) is 0 Å². The Hall–Kier alpha value is -1.65. The first kappa shape index (κ1) is 18.2. The van der Waals surface area contributed by atoms with Crippen LogP contribution < -0.4 is 5.32 Å². The van der Waals surface area contributed by atoms with Crippen molar-refractivity contribution >= 4 is 21.8 Å². The SMILES string of the molecule is O=C(Cc1ccc(Br)cc1)NCC1CCCN(Cc2ccccc2)C1. The van der Waals surface area contributed by atoms with Gasteiger partial charge in [-0.25, -0.2) is 0 Å². The lowest BCUT2D eigenvalue weighted by molar-refractivity contribution is -0.120. The second-order valence-corrected chi connectivity index (χ2v) is 7.75. The number of nitrogens with one attached hydrogen (secondary N) is 1. The number of halogens is 1. The number of rotatable bonds is 6. The van der Waals surface area contributed by atoms with Crippen molar-refractivity contribution < 1.29 is 4.79 Å². The summed E-state index contributed by atoms with van der Waals surface area (Å²) in [6.45, 7) is 4.00. The second-order valence-electron chi connectivity index (χ2n) is 6.84. The van der Waals surface area contributed by atoms with Crippen molar-refractivity contribution in [3.63, 3.8) is 0 Å². The molecule has 1 fully saturated rings. The molecule has 1 saturated heterocycles. The summed E-state index contributed by atoms with van der Waals surface area (Å²) in [4.78, 5) is 14.7. The molecule has 2 aromatic carbocycles. The summed E-state index contributed by atoms with van der Waals surface area (Å²) >= 11 is 3.42. The highest BCUT2D eigenvalue weighted by Gasteiger charge is 2.20. The van der Waals surface area contributed by atoms with Gasteiger partial charge in [0.25, 0.3) is 0 Å². The van der Waals surface area contributed by atoms with Crippen LogP contribution in [0.4, 0.5) is 0 Å². The maximum atomic E-state index is 12.2. The van der Waals surface area contributed by atoms with Gasteiger partial charge in [0.1, 0.15) is 0 Å². The van der Waals surface area contributed by atoms with Gasteiger partial charge in [-0.05, 0) is 48.6 Å². The minimum atomic E-state index is 0.113. The molecule has 3 nitrogen and oxygen atoms in total. The van der Waals surface area contributed by atoms with Gasteiger partial charge < -0.3 is 5.32 Å². The summed E-state index contributed by atoms with van der Waals surface area (Å²) < 4.78 is 1.04. The molecule has 4 heteroatoms. The van der Waals surface area contributed by atoms with Crippen molar-refractivity contribution in [3.8, 4) is 0 Å². The maximum absolute atomic E-state index is 12.2. The molecule has 0 radical (unpaired) electrons. The van der Waals surface area contributed by atoms with Crippen LogP contribution in [0.5, 0.6) is 0 Å². The molecular weight excluding hydrogens is 376 g/mol. The van der Waals surface area contributed by atoms with E-state index >= 15 is 0 Å². The summed E-state index contributed by atoms with van der Waals surface area (Å²) in [5.41, 5.74) is 2.41. The smallest absolute Gasteiger partial charge is 0.224 e. The Bertz CT molecular complexity index is 672. The van der Waals surface area contributed by atoms with E-state index in [4.69, 9.17) is 0 Å². The third kappa shape index (κ3) is 5.98. The summed E-state index contributed by atoms with van der Waals surface area (Å²) in [6.07, 6.45) is 2.86. The zero-order chi connectivity index (χ0) is 17.5. The average Bonchev–Trinajstić information content (AvgIpc) is 2.63. The fraction of sp³-hybridized carbons (Fsp3) is 0.381. The van der Waals surface area contributed by atoms with E-state index in [-0.39, 0.29) is 5.91 Å². The van der Waals surface area contributed by atoms with E-state index in [1.54, 1.807) is 0 Å². The van der Waals surface area contributed by atoms with Crippen LogP contribution in [0.2, 0.25) is 0 Å². The van der Waals surface area contributed by atoms with Gasteiger partial charge in [0.15, 0.2) is 0 Å². The summed E-state index contributed by atoms with van der Waals surface area (Å²) in [5.74, 6) is 0.661. The molecule has 1 heterocycles. The molecule has 0 aliphatic carbocycles. The Labute approximate surface area is 158 Å². The second kappa shape index (κ2) is 9.16. The molecule has 1 amide bonds. The standard InChI is InChI=1S/C21H25BrN2O/c22-20-10-8-17(9-11-20)13-21(25)23-14-19-7-4-12-24(16-19)15-18-5-2-1-3-6-18/h1-3,5-6,8-11,19H,4,7,12-16H2,(H,23,25). The molecule has 0 spiro atoms. The van der Waals surface area contributed by atoms with Gasteiger partial charge in [0, 0.05) is 24.1 Å². The highest BCUT2D eigenvalue weighted by molar-refractivity contribution is 9.10. The van der Waals surface area contributed by atoms with Crippen molar-refractivity contribution in [2.75, 3.05) is 19.6 Å². The Balaban J connectivity index is 1.43. The van der Waals surface area contributed by atoms with Gasteiger partial charge in [0.05, 0.1) is 6.42 Å². The Morgan fingerprint density at radius 3 is 2.60 bits per heavy atom. The summed E-state index contributed by atoms with van der Waals surface area (Å²) in [6, 6.07) is 18.6. The van der Waals surface area contributed by atoms with Gasteiger partial charge in [-0.1, -0.05) is 58.4 Å². The highest BCUT2D eigenvalue weighted by Crippen LogP contribution is 2.18. The van der Waals surface area contributed by atoms with E-state index in [1.807, 2.05) is 24.3 Å². The predicted molar refractivity (Wildman–Crippen MR) is 105 cm³/mol. The van der Waals surface area contributed by atoms with Gasteiger partial charge in [-0.2, -0.15) is 0 Å². The van der Waals surface area contributed by atoms with E-state index in [1.165, 1.54) is 18.4 Å². The van der Waals surface area contributed by atoms with Crippen LogP contribution in [-0.2, 0) is 17.8 Å². The van der Waals surface area contributed by atoms with Crippen LogP contribution >= 0.6 is 15.9 Å². The highest BCUT2D eigenvalue weighted by atomic mass is 79.9. The fourth-order valence-corrected chi connectivity index (χ4v) is 3.68. The van der Waals surface area contributed by atoms with Crippen molar-refractivity contribution in [1.29, 1.82) is 0 Å². The van der Waals surface area contributed by atoms with Crippen LogP contribution in [0.1, 0.15) is 24.0 Å². The van der Waals surface area contributed by atoms with Crippen LogP contribution in [0.15, 0.2) is 59.1 Å². The number of hydrogen-bond donors (Lipinski definition) is 1. The molecule has 1 aliphatic rings. The third-order valence-corrected chi connectivity index (χ3v) is 5.25. The largest absolute Gasteiger partial charge is 0.355 e.